The number of benzodiazepines with no additional fused rings is 1. The van der Waals surface area contributed by atoms with Crippen molar-refractivity contribution in [3.8, 4) is 11.1 Å². The van der Waals surface area contributed by atoms with Crippen LogP contribution in [0.25, 0.3) is 33.0 Å². The first-order valence-corrected chi connectivity index (χ1v) is 11.4. The SMILES string of the molecule is CC1=NCC(=O)Nc2cc(Cn3c(C(=O)O)c(-c4ccc[nH]c4=O)c4c5occc5ccc43)c(F)cc21. The Bertz CT molecular complexity index is 1860. The number of hydrogen-bond donors (Lipinski definition) is 3. The summed E-state index contributed by atoms with van der Waals surface area (Å²) in [6, 6.07) is 11.2. The number of nitrogens with zero attached hydrogens (tertiary/aromatic N) is 2. The molecule has 9 nitrogen and oxygen atoms in total. The van der Waals surface area contributed by atoms with Gasteiger partial charge in [-0.2, -0.15) is 0 Å². The average Bonchev–Trinajstić information content (AvgIpc) is 3.43. The number of furan rings is 1. The van der Waals surface area contributed by atoms with Gasteiger partial charge in [0.15, 0.2) is 0 Å². The second kappa shape index (κ2) is 8.30. The van der Waals surface area contributed by atoms with Crippen LogP contribution in [0.2, 0.25) is 0 Å². The molecule has 0 spiro atoms. The molecule has 0 fully saturated rings. The highest BCUT2D eigenvalue weighted by atomic mass is 19.1. The lowest BCUT2D eigenvalue weighted by molar-refractivity contribution is -0.114. The third kappa shape index (κ3) is 3.53. The number of benzene rings is 2. The number of anilines is 1. The minimum absolute atomic E-state index is 0.0724. The van der Waals surface area contributed by atoms with Crippen molar-refractivity contribution < 1.29 is 23.5 Å². The Kier molecular flexibility index (Phi) is 5.04. The van der Waals surface area contributed by atoms with Gasteiger partial charge in [-0.3, -0.25) is 14.6 Å². The molecule has 184 valence electrons. The number of carboxylic acids is 1. The summed E-state index contributed by atoms with van der Waals surface area (Å²) in [5.74, 6) is -2.21. The number of halogens is 1. The predicted molar refractivity (Wildman–Crippen MR) is 136 cm³/mol. The Morgan fingerprint density at radius 1 is 1.19 bits per heavy atom. The van der Waals surface area contributed by atoms with Gasteiger partial charge in [-0.05, 0) is 49.4 Å². The van der Waals surface area contributed by atoms with E-state index in [1.807, 2.05) is 0 Å². The molecule has 0 saturated heterocycles. The molecule has 0 atom stereocenters. The van der Waals surface area contributed by atoms with Gasteiger partial charge in [0.25, 0.3) is 5.56 Å². The van der Waals surface area contributed by atoms with Crippen LogP contribution < -0.4 is 10.9 Å². The Morgan fingerprint density at radius 2 is 2.03 bits per heavy atom. The molecular weight excluding hydrogens is 479 g/mol. The van der Waals surface area contributed by atoms with Crippen molar-refractivity contribution in [2.45, 2.75) is 13.5 Å². The Balaban J connectivity index is 1.65. The largest absolute Gasteiger partial charge is 0.477 e. The predicted octanol–water partition coefficient (Wildman–Crippen LogP) is 4.39. The van der Waals surface area contributed by atoms with Gasteiger partial charge in [0.2, 0.25) is 5.91 Å². The minimum Gasteiger partial charge on any atom is -0.477 e. The molecule has 0 aliphatic carbocycles. The number of nitrogens with one attached hydrogen (secondary N) is 2. The topological polar surface area (TPSA) is 130 Å². The smallest absolute Gasteiger partial charge is 0.353 e. The zero-order valence-corrected chi connectivity index (χ0v) is 19.5. The first-order chi connectivity index (χ1) is 17.8. The van der Waals surface area contributed by atoms with Gasteiger partial charge in [-0.25, -0.2) is 9.18 Å². The fourth-order valence-corrected chi connectivity index (χ4v) is 4.91. The van der Waals surface area contributed by atoms with E-state index < -0.39 is 17.3 Å². The summed E-state index contributed by atoms with van der Waals surface area (Å²) >= 11 is 0. The van der Waals surface area contributed by atoms with Crippen LogP contribution in [-0.4, -0.2) is 38.8 Å². The highest BCUT2D eigenvalue weighted by Gasteiger charge is 2.28. The van der Waals surface area contributed by atoms with Crippen LogP contribution in [0, 0.1) is 5.82 Å². The van der Waals surface area contributed by atoms with Crippen LogP contribution in [0.15, 0.2) is 69.1 Å². The Hall–Kier alpha value is -4.99. The molecule has 2 aromatic carbocycles. The van der Waals surface area contributed by atoms with Crippen LogP contribution in [-0.2, 0) is 11.3 Å². The molecular formula is C27H19FN4O5. The van der Waals surface area contributed by atoms with E-state index in [-0.39, 0.29) is 41.4 Å². The summed E-state index contributed by atoms with van der Waals surface area (Å²) in [5, 5.41) is 14.2. The minimum atomic E-state index is -1.29. The number of fused-ring (bicyclic) bond motifs is 4. The van der Waals surface area contributed by atoms with E-state index in [2.05, 4.69) is 15.3 Å². The second-order valence-corrected chi connectivity index (χ2v) is 8.77. The number of rotatable bonds is 4. The summed E-state index contributed by atoms with van der Waals surface area (Å²) in [6.45, 7) is 1.44. The number of hydrogen-bond acceptors (Lipinski definition) is 5. The lowest BCUT2D eigenvalue weighted by Gasteiger charge is -2.14. The van der Waals surface area contributed by atoms with Gasteiger partial charge in [-0.15, -0.1) is 0 Å². The van der Waals surface area contributed by atoms with Crippen molar-refractivity contribution >= 4 is 45.1 Å². The van der Waals surface area contributed by atoms with Gasteiger partial charge in [0, 0.05) is 34.0 Å². The quantitative estimate of drug-likeness (QED) is 0.338. The maximum absolute atomic E-state index is 15.4. The van der Waals surface area contributed by atoms with Gasteiger partial charge in [0.1, 0.15) is 23.6 Å². The highest BCUT2D eigenvalue weighted by Crippen LogP contribution is 2.39. The number of amides is 1. The monoisotopic (exact) mass is 498 g/mol. The molecule has 4 heterocycles. The summed E-state index contributed by atoms with van der Waals surface area (Å²) < 4.78 is 22.6. The van der Waals surface area contributed by atoms with Crippen LogP contribution >= 0.6 is 0 Å². The van der Waals surface area contributed by atoms with E-state index in [9.17, 15) is 19.5 Å². The van der Waals surface area contributed by atoms with Crippen LogP contribution in [0.5, 0.6) is 0 Å². The van der Waals surface area contributed by atoms with Crippen molar-refractivity contribution in [3.63, 3.8) is 0 Å². The van der Waals surface area contributed by atoms with E-state index in [4.69, 9.17) is 4.42 Å². The van der Waals surface area contributed by atoms with Crippen LogP contribution in [0.1, 0.15) is 28.5 Å². The fourth-order valence-electron chi connectivity index (χ4n) is 4.91. The first-order valence-electron chi connectivity index (χ1n) is 11.4. The number of carboxylic acid groups (broad SMARTS) is 1. The number of carbonyl (C=O) groups is 2. The molecule has 0 bridgehead atoms. The number of aromatic amines is 1. The van der Waals surface area contributed by atoms with Gasteiger partial charge >= 0.3 is 5.97 Å². The Morgan fingerprint density at radius 3 is 2.81 bits per heavy atom. The molecule has 10 heteroatoms. The maximum Gasteiger partial charge on any atom is 0.353 e. The van der Waals surface area contributed by atoms with E-state index >= 15 is 4.39 Å². The third-order valence-corrected chi connectivity index (χ3v) is 6.58. The number of aromatic nitrogens is 2. The summed E-state index contributed by atoms with van der Waals surface area (Å²) in [5.41, 5.74) is 2.05. The molecule has 0 unspecified atom stereocenters. The van der Waals surface area contributed by atoms with Crippen molar-refractivity contribution in [1.29, 1.82) is 0 Å². The number of carbonyl (C=O) groups excluding carboxylic acids is 1. The zero-order chi connectivity index (χ0) is 25.8. The van der Waals surface area contributed by atoms with E-state index in [0.717, 1.165) is 5.39 Å². The number of pyridine rings is 1. The molecule has 1 aliphatic rings. The maximum atomic E-state index is 15.4. The van der Waals surface area contributed by atoms with E-state index in [1.54, 1.807) is 31.2 Å². The molecule has 1 aliphatic heterocycles. The molecule has 1 amide bonds. The van der Waals surface area contributed by atoms with Gasteiger partial charge < -0.3 is 24.4 Å². The van der Waals surface area contributed by atoms with Crippen LogP contribution in [0.3, 0.4) is 0 Å². The first kappa shape index (κ1) is 22.5. The van der Waals surface area contributed by atoms with Gasteiger partial charge in [0.05, 0.1) is 35.0 Å². The number of aliphatic imine (C=N–C) groups is 1. The van der Waals surface area contributed by atoms with Crippen molar-refractivity contribution in [3.05, 3.63) is 87.9 Å². The molecule has 0 radical (unpaired) electrons. The fraction of sp³-hybridized carbons (Fsp3) is 0.111. The molecule has 37 heavy (non-hydrogen) atoms. The van der Waals surface area contributed by atoms with Crippen molar-refractivity contribution in [2.75, 3.05) is 11.9 Å². The van der Waals surface area contributed by atoms with E-state index in [1.165, 1.54) is 35.2 Å². The summed E-state index contributed by atoms with van der Waals surface area (Å²) in [6.07, 6.45) is 2.94. The Labute approximate surface area is 207 Å². The highest BCUT2D eigenvalue weighted by molar-refractivity contribution is 6.17. The summed E-state index contributed by atoms with van der Waals surface area (Å²) in [7, 11) is 0. The van der Waals surface area contributed by atoms with Gasteiger partial charge in [-0.1, -0.05) is 0 Å². The molecule has 3 aromatic heterocycles. The third-order valence-electron chi connectivity index (χ3n) is 6.58. The lowest BCUT2D eigenvalue weighted by atomic mass is 10.0. The molecule has 3 N–H and O–H groups in total. The van der Waals surface area contributed by atoms with Crippen LogP contribution in [0.4, 0.5) is 10.1 Å². The molecule has 6 rings (SSSR count). The number of H-pyrrole nitrogens is 1. The second-order valence-electron chi connectivity index (χ2n) is 8.77. The zero-order valence-electron chi connectivity index (χ0n) is 19.5. The molecule has 0 saturated carbocycles. The average molecular weight is 498 g/mol. The summed E-state index contributed by atoms with van der Waals surface area (Å²) in [4.78, 5) is 44.3. The van der Waals surface area contributed by atoms with Crippen molar-refractivity contribution in [1.82, 2.24) is 9.55 Å². The normalized spacial score (nSPS) is 13.4. The molecule has 5 aromatic rings. The van der Waals surface area contributed by atoms with Crippen molar-refractivity contribution in [2.24, 2.45) is 4.99 Å². The standard InChI is InChI=1S/C27H19FN4O5/c1-13-17-10-18(28)15(9-19(17)31-21(33)11-30-13)12-32-20-5-4-14-6-8-37-25(14)23(20)22(24(32)27(35)36)16-3-2-7-29-26(16)34/h2-10H,11-12H2,1H3,(H,29,34)(H,31,33)(H,35,36). The lowest BCUT2D eigenvalue weighted by Crippen LogP contribution is -2.16. The number of aromatic carboxylic acids is 1. The van der Waals surface area contributed by atoms with E-state index in [0.29, 0.717) is 33.4 Å².